The first-order valence-corrected chi connectivity index (χ1v) is 13.9. The highest BCUT2D eigenvalue weighted by atomic mass is 35.5. The molecule has 198 valence electrons. The normalized spacial score (nSPS) is 27.8. The van der Waals surface area contributed by atoms with Gasteiger partial charge in [-0.3, -0.25) is 9.59 Å². The van der Waals surface area contributed by atoms with E-state index in [1.165, 1.54) is 19.8 Å². The Kier molecular flexibility index (Phi) is 7.71. The van der Waals surface area contributed by atoms with Gasteiger partial charge in [0, 0.05) is 43.8 Å². The molecule has 0 aromatic heterocycles. The molecule has 37 heavy (non-hydrogen) atoms. The largest absolute Gasteiger partial charge is 0.508 e. The number of phenols is 1. The van der Waals surface area contributed by atoms with Crippen molar-refractivity contribution in [1.82, 2.24) is 10.2 Å². The zero-order valence-electron chi connectivity index (χ0n) is 21.1. The van der Waals surface area contributed by atoms with Crippen LogP contribution in [0.4, 0.5) is 0 Å². The number of amides is 1. The molecule has 1 saturated heterocycles. The van der Waals surface area contributed by atoms with Gasteiger partial charge in [0.15, 0.2) is 0 Å². The second kappa shape index (κ2) is 10.8. The van der Waals surface area contributed by atoms with Crippen LogP contribution in [0.3, 0.4) is 0 Å². The minimum absolute atomic E-state index is 0.0777. The van der Waals surface area contributed by atoms with E-state index in [0.29, 0.717) is 16.5 Å². The summed E-state index contributed by atoms with van der Waals surface area (Å²) in [5.74, 6) is 0.657. The average molecular weight is 546 g/mol. The van der Waals surface area contributed by atoms with Crippen LogP contribution in [0.5, 0.6) is 5.75 Å². The van der Waals surface area contributed by atoms with Crippen LogP contribution in [0, 0.1) is 11.8 Å². The molecular weight excluding hydrogens is 511 g/mol. The third-order valence-electron chi connectivity index (χ3n) is 8.28. The zero-order chi connectivity index (χ0) is 26.2. The maximum atomic E-state index is 13.1. The van der Waals surface area contributed by atoms with Crippen molar-refractivity contribution in [1.29, 1.82) is 0 Å². The first-order chi connectivity index (χ1) is 17.7. The van der Waals surface area contributed by atoms with Gasteiger partial charge in [-0.2, -0.15) is 0 Å². The van der Waals surface area contributed by atoms with E-state index in [0.717, 1.165) is 49.5 Å². The van der Waals surface area contributed by atoms with E-state index in [4.69, 9.17) is 27.9 Å². The van der Waals surface area contributed by atoms with Gasteiger partial charge in [0.25, 0.3) is 0 Å². The highest BCUT2D eigenvalue weighted by molar-refractivity contribution is 6.42. The van der Waals surface area contributed by atoms with Gasteiger partial charge in [-0.05, 0) is 73.5 Å². The van der Waals surface area contributed by atoms with Crippen LogP contribution < -0.4 is 5.32 Å². The Morgan fingerprint density at radius 3 is 2.68 bits per heavy atom. The van der Waals surface area contributed by atoms with Crippen molar-refractivity contribution in [3.8, 4) is 5.75 Å². The molecule has 3 fully saturated rings. The zero-order valence-corrected chi connectivity index (χ0v) is 22.6. The number of aromatic hydroxyl groups is 1. The SMILES string of the molecule is CC(=O)OC1C[C@@H](NC(=O)Cc2ccc(Cl)c(Cl)c2)C[C@]2(c3cccc(O)c3)CCN(CC3CC3)C[C@@H]12. The van der Waals surface area contributed by atoms with E-state index in [9.17, 15) is 14.7 Å². The number of hydrogen-bond acceptors (Lipinski definition) is 5. The molecule has 5 rings (SSSR count). The maximum absolute atomic E-state index is 13.1. The van der Waals surface area contributed by atoms with Crippen LogP contribution in [0.15, 0.2) is 42.5 Å². The summed E-state index contributed by atoms with van der Waals surface area (Å²) in [6, 6.07) is 12.5. The Bertz CT molecular complexity index is 1170. The number of carbonyl (C=O) groups is 2. The van der Waals surface area contributed by atoms with Crippen molar-refractivity contribution in [2.75, 3.05) is 19.6 Å². The summed E-state index contributed by atoms with van der Waals surface area (Å²) < 4.78 is 5.95. The predicted molar refractivity (Wildman–Crippen MR) is 144 cm³/mol. The van der Waals surface area contributed by atoms with E-state index in [2.05, 4.69) is 16.3 Å². The van der Waals surface area contributed by atoms with Gasteiger partial charge in [0.2, 0.25) is 5.91 Å². The minimum atomic E-state index is -0.328. The molecule has 3 aliphatic rings. The summed E-state index contributed by atoms with van der Waals surface area (Å²) in [6.45, 7) is 4.32. The molecule has 6 nitrogen and oxygen atoms in total. The molecule has 2 N–H and O–H groups in total. The molecule has 2 aromatic carbocycles. The number of piperidine rings is 1. The summed E-state index contributed by atoms with van der Waals surface area (Å²) in [6.07, 6.45) is 4.61. The Labute approximate surface area is 228 Å². The van der Waals surface area contributed by atoms with Gasteiger partial charge in [0.1, 0.15) is 11.9 Å². The highest BCUT2D eigenvalue weighted by Gasteiger charge is 2.54. The number of nitrogens with one attached hydrogen (secondary N) is 1. The summed E-state index contributed by atoms with van der Waals surface area (Å²) in [7, 11) is 0. The quantitative estimate of drug-likeness (QED) is 0.473. The number of halogens is 2. The van der Waals surface area contributed by atoms with Crippen molar-refractivity contribution < 1.29 is 19.4 Å². The van der Waals surface area contributed by atoms with Gasteiger partial charge in [-0.15, -0.1) is 0 Å². The molecule has 2 aromatic rings. The van der Waals surface area contributed by atoms with Gasteiger partial charge in [-0.1, -0.05) is 41.4 Å². The van der Waals surface area contributed by atoms with Crippen LogP contribution in [-0.4, -0.2) is 53.7 Å². The molecule has 1 heterocycles. The van der Waals surface area contributed by atoms with Crippen molar-refractivity contribution in [2.45, 2.75) is 63.0 Å². The maximum Gasteiger partial charge on any atom is 0.302 e. The lowest BCUT2D eigenvalue weighted by Gasteiger charge is -2.55. The molecular formula is C29H34Cl2N2O4. The summed E-state index contributed by atoms with van der Waals surface area (Å²) in [4.78, 5) is 27.8. The molecule has 4 atom stereocenters. The minimum Gasteiger partial charge on any atom is -0.508 e. The Morgan fingerprint density at radius 1 is 1.16 bits per heavy atom. The van der Waals surface area contributed by atoms with Crippen LogP contribution in [-0.2, 0) is 26.2 Å². The van der Waals surface area contributed by atoms with Gasteiger partial charge in [-0.25, -0.2) is 0 Å². The lowest BCUT2D eigenvalue weighted by Crippen LogP contribution is -2.61. The third-order valence-corrected chi connectivity index (χ3v) is 9.02. The lowest BCUT2D eigenvalue weighted by molar-refractivity contribution is -0.157. The Morgan fingerprint density at radius 2 is 1.97 bits per heavy atom. The number of fused-ring (bicyclic) bond motifs is 1. The number of ether oxygens (including phenoxy) is 1. The predicted octanol–water partition coefficient (Wildman–Crippen LogP) is 5.12. The number of likely N-dealkylation sites (tertiary alicyclic amines) is 1. The molecule has 2 aliphatic carbocycles. The standard InChI is InChI=1S/C29H34Cl2N2O4/c1-18(34)37-27-14-22(32-28(36)12-20-7-8-25(30)26(31)11-20)15-29(21-3-2-4-23(35)13-21)9-10-33(17-24(27)29)16-19-5-6-19/h2-4,7-8,11,13,19,22,24,27,35H,5-6,9-10,12,14-17H2,1H3,(H,32,36)/t22-,24+,27?,29+/m1/s1. The van der Waals surface area contributed by atoms with E-state index < -0.39 is 0 Å². The number of nitrogens with zero attached hydrogens (tertiary/aromatic N) is 1. The van der Waals surface area contributed by atoms with E-state index in [1.807, 2.05) is 12.1 Å². The monoisotopic (exact) mass is 544 g/mol. The van der Waals surface area contributed by atoms with Gasteiger partial charge in [0.05, 0.1) is 16.5 Å². The van der Waals surface area contributed by atoms with Crippen LogP contribution >= 0.6 is 23.2 Å². The van der Waals surface area contributed by atoms with Crippen LogP contribution in [0.2, 0.25) is 10.0 Å². The summed E-state index contributed by atoms with van der Waals surface area (Å²) in [5.41, 5.74) is 1.51. The number of carbonyl (C=O) groups excluding carboxylic acids is 2. The number of rotatable bonds is 7. The van der Waals surface area contributed by atoms with Crippen molar-refractivity contribution >= 4 is 35.1 Å². The smallest absolute Gasteiger partial charge is 0.302 e. The Balaban J connectivity index is 1.41. The highest BCUT2D eigenvalue weighted by Crippen LogP contribution is 2.51. The number of esters is 1. The molecule has 8 heteroatoms. The summed E-state index contributed by atoms with van der Waals surface area (Å²) >= 11 is 12.2. The summed E-state index contributed by atoms with van der Waals surface area (Å²) in [5, 5.41) is 14.4. The van der Waals surface area contributed by atoms with Crippen molar-refractivity contribution in [2.24, 2.45) is 11.8 Å². The second-order valence-electron chi connectivity index (χ2n) is 11.0. The fourth-order valence-corrected chi connectivity index (χ4v) is 6.79. The molecule has 0 radical (unpaired) electrons. The van der Waals surface area contributed by atoms with Crippen molar-refractivity contribution in [3.63, 3.8) is 0 Å². The van der Waals surface area contributed by atoms with Crippen LogP contribution in [0.1, 0.15) is 50.2 Å². The molecule has 1 unspecified atom stereocenters. The first-order valence-electron chi connectivity index (χ1n) is 13.1. The van der Waals surface area contributed by atoms with E-state index in [-0.39, 0.29) is 47.5 Å². The second-order valence-corrected chi connectivity index (χ2v) is 11.9. The van der Waals surface area contributed by atoms with Gasteiger partial charge < -0.3 is 20.1 Å². The molecule has 2 saturated carbocycles. The number of hydrogen-bond donors (Lipinski definition) is 2. The van der Waals surface area contributed by atoms with E-state index >= 15 is 0 Å². The molecule has 0 spiro atoms. The molecule has 1 amide bonds. The first kappa shape index (κ1) is 26.3. The van der Waals surface area contributed by atoms with Gasteiger partial charge >= 0.3 is 5.97 Å². The molecule has 0 bridgehead atoms. The Hall–Kier alpha value is -2.28. The van der Waals surface area contributed by atoms with Crippen molar-refractivity contribution in [3.05, 3.63) is 63.6 Å². The lowest BCUT2D eigenvalue weighted by atomic mass is 9.57. The fourth-order valence-electron chi connectivity index (χ4n) is 6.47. The third kappa shape index (κ3) is 6.08. The van der Waals surface area contributed by atoms with E-state index in [1.54, 1.807) is 24.3 Å². The number of benzene rings is 2. The fraction of sp³-hybridized carbons (Fsp3) is 0.517. The number of phenolic OH excluding ortho intramolecular Hbond substituents is 1. The van der Waals surface area contributed by atoms with Crippen LogP contribution in [0.25, 0.3) is 0 Å². The topological polar surface area (TPSA) is 78.9 Å². The molecule has 1 aliphatic heterocycles. The average Bonchev–Trinajstić information content (AvgIpc) is 3.65.